The van der Waals surface area contributed by atoms with Crippen molar-refractivity contribution >= 4 is 40.5 Å². The number of benzene rings is 2. The molecule has 0 bridgehead atoms. The predicted octanol–water partition coefficient (Wildman–Crippen LogP) is 5.20. The molecule has 0 spiro atoms. The first-order valence-corrected chi connectivity index (χ1v) is 10.1. The molecule has 0 aliphatic heterocycles. The van der Waals surface area contributed by atoms with Crippen molar-refractivity contribution in [2.45, 2.75) is 30.9 Å². The Morgan fingerprint density at radius 1 is 1.15 bits per heavy atom. The number of para-hydroxylation sites is 1. The molecule has 0 aliphatic rings. The van der Waals surface area contributed by atoms with E-state index in [4.69, 9.17) is 5.73 Å². The van der Waals surface area contributed by atoms with Crippen LogP contribution in [0, 0.1) is 20.8 Å². The summed E-state index contributed by atoms with van der Waals surface area (Å²) in [6.07, 6.45) is 0. The number of hydrogen-bond acceptors (Lipinski definition) is 5. The Morgan fingerprint density at radius 3 is 2.54 bits per heavy atom. The summed E-state index contributed by atoms with van der Waals surface area (Å²) in [5.74, 6) is 0.873. The molecule has 3 rings (SSSR count). The number of carbonyl (C=O) groups is 1. The van der Waals surface area contributed by atoms with Crippen molar-refractivity contribution in [3.63, 3.8) is 0 Å². The first-order valence-electron chi connectivity index (χ1n) is 8.26. The molecule has 3 N–H and O–H groups in total. The highest BCUT2D eigenvalue weighted by atomic mass is 32.2. The zero-order valence-corrected chi connectivity index (χ0v) is 16.6. The molecule has 0 atom stereocenters. The van der Waals surface area contributed by atoms with Gasteiger partial charge in [0.15, 0.2) is 4.34 Å². The van der Waals surface area contributed by atoms with E-state index in [0.717, 1.165) is 26.9 Å². The van der Waals surface area contributed by atoms with Gasteiger partial charge in [-0.1, -0.05) is 59.8 Å². The minimum absolute atomic E-state index is 0.209. The van der Waals surface area contributed by atoms with Crippen molar-refractivity contribution < 1.29 is 4.79 Å². The Balaban J connectivity index is 1.72. The van der Waals surface area contributed by atoms with Crippen molar-refractivity contribution in [3.8, 4) is 0 Å². The van der Waals surface area contributed by atoms with Gasteiger partial charge in [-0.25, -0.2) is 4.98 Å². The Labute approximate surface area is 161 Å². The van der Waals surface area contributed by atoms with Crippen LogP contribution >= 0.6 is 23.1 Å². The Kier molecular flexibility index (Phi) is 5.64. The first kappa shape index (κ1) is 18.5. The number of carbonyl (C=O) groups excluding carboxylic acids is 1. The van der Waals surface area contributed by atoms with Crippen molar-refractivity contribution in [2.75, 3.05) is 11.1 Å². The summed E-state index contributed by atoms with van der Waals surface area (Å²) < 4.78 is 0.802. The molecule has 0 radical (unpaired) electrons. The molecule has 26 heavy (non-hydrogen) atoms. The van der Waals surface area contributed by atoms with Gasteiger partial charge in [0.2, 0.25) is 0 Å². The highest BCUT2D eigenvalue weighted by molar-refractivity contribution is 8.00. The van der Waals surface area contributed by atoms with Gasteiger partial charge >= 0.3 is 0 Å². The van der Waals surface area contributed by atoms with Crippen LogP contribution in [-0.2, 0) is 5.75 Å². The van der Waals surface area contributed by atoms with E-state index >= 15 is 0 Å². The zero-order chi connectivity index (χ0) is 18.7. The number of aromatic nitrogens is 1. The monoisotopic (exact) mass is 383 g/mol. The molecular formula is C20H21N3OS2. The highest BCUT2D eigenvalue weighted by Gasteiger charge is 2.18. The maximum atomic E-state index is 12.6. The van der Waals surface area contributed by atoms with Crippen LogP contribution in [0.2, 0.25) is 0 Å². The second kappa shape index (κ2) is 7.93. The Morgan fingerprint density at radius 2 is 1.85 bits per heavy atom. The van der Waals surface area contributed by atoms with Crippen LogP contribution in [0.1, 0.15) is 31.9 Å². The SMILES string of the molecule is Cc1cccc(CSc2nc(N)c(C(=O)Nc3c(C)cccc3C)s2)c1. The maximum absolute atomic E-state index is 12.6. The fraction of sp³-hybridized carbons (Fsp3) is 0.200. The van der Waals surface area contributed by atoms with Gasteiger partial charge in [-0.2, -0.15) is 0 Å². The van der Waals surface area contributed by atoms with Gasteiger partial charge in [0.25, 0.3) is 5.91 Å². The molecule has 3 aromatic rings. The van der Waals surface area contributed by atoms with E-state index in [9.17, 15) is 4.79 Å². The lowest BCUT2D eigenvalue weighted by atomic mass is 10.1. The third-order valence-electron chi connectivity index (χ3n) is 4.00. The van der Waals surface area contributed by atoms with E-state index in [1.807, 2.05) is 38.1 Å². The molecule has 1 amide bonds. The molecule has 4 nitrogen and oxygen atoms in total. The second-order valence-corrected chi connectivity index (χ2v) is 8.41. The summed E-state index contributed by atoms with van der Waals surface area (Å²) in [4.78, 5) is 17.5. The number of aryl methyl sites for hydroxylation is 3. The Hall–Kier alpha value is -2.31. The molecule has 0 saturated carbocycles. The maximum Gasteiger partial charge on any atom is 0.269 e. The third-order valence-corrected chi connectivity index (χ3v) is 6.29. The lowest BCUT2D eigenvalue weighted by Gasteiger charge is -2.10. The van der Waals surface area contributed by atoms with Crippen molar-refractivity contribution in [1.82, 2.24) is 4.98 Å². The molecule has 0 fully saturated rings. The van der Waals surface area contributed by atoms with E-state index in [2.05, 4.69) is 35.4 Å². The number of hydrogen-bond donors (Lipinski definition) is 2. The van der Waals surface area contributed by atoms with Crippen LogP contribution in [0.25, 0.3) is 0 Å². The van der Waals surface area contributed by atoms with E-state index < -0.39 is 0 Å². The largest absolute Gasteiger partial charge is 0.382 e. The van der Waals surface area contributed by atoms with E-state index in [1.165, 1.54) is 22.5 Å². The van der Waals surface area contributed by atoms with Gasteiger partial charge in [-0.05, 0) is 37.5 Å². The molecule has 1 aromatic heterocycles. The standard InChI is InChI=1S/C20H21N3OS2/c1-12-6-4-9-15(10-12)11-25-20-23-18(21)17(26-20)19(24)22-16-13(2)7-5-8-14(16)3/h4-10H,11,21H2,1-3H3,(H,22,24). The molecule has 2 aromatic carbocycles. The number of thiazole rings is 1. The quantitative estimate of drug-likeness (QED) is 0.595. The highest BCUT2D eigenvalue weighted by Crippen LogP contribution is 2.32. The topological polar surface area (TPSA) is 68.0 Å². The van der Waals surface area contributed by atoms with Gasteiger partial charge in [0.1, 0.15) is 10.7 Å². The van der Waals surface area contributed by atoms with Crippen molar-refractivity contribution in [1.29, 1.82) is 0 Å². The average molecular weight is 384 g/mol. The van der Waals surface area contributed by atoms with Crippen LogP contribution in [0.15, 0.2) is 46.8 Å². The second-order valence-electron chi connectivity index (χ2n) is 6.19. The van der Waals surface area contributed by atoms with Gasteiger partial charge in [0.05, 0.1) is 0 Å². The van der Waals surface area contributed by atoms with Crippen LogP contribution < -0.4 is 11.1 Å². The van der Waals surface area contributed by atoms with Gasteiger partial charge < -0.3 is 11.1 Å². The number of nitrogens with two attached hydrogens (primary N) is 1. The Bertz CT molecular complexity index is 930. The number of anilines is 2. The van der Waals surface area contributed by atoms with Gasteiger partial charge in [-0.15, -0.1) is 11.3 Å². The van der Waals surface area contributed by atoms with Crippen LogP contribution in [0.4, 0.5) is 11.5 Å². The predicted molar refractivity (Wildman–Crippen MR) is 111 cm³/mol. The molecule has 134 valence electrons. The smallest absolute Gasteiger partial charge is 0.269 e. The van der Waals surface area contributed by atoms with E-state index in [-0.39, 0.29) is 11.7 Å². The van der Waals surface area contributed by atoms with Crippen molar-refractivity contribution in [2.24, 2.45) is 0 Å². The zero-order valence-electron chi connectivity index (χ0n) is 15.0. The van der Waals surface area contributed by atoms with Gasteiger partial charge in [-0.3, -0.25) is 4.79 Å². The molecule has 1 heterocycles. The summed E-state index contributed by atoms with van der Waals surface area (Å²) in [5.41, 5.74) is 11.3. The minimum atomic E-state index is -0.209. The number of thioether (sulfide) groups is 1. The van der Waals surface area contributed by atoms with Gasteiger partial charge in [0, 0.05) is 11.4 Å². The number of nitrogens with one attached hydrogen (secondary N) is 1. The first-order chi connectivity index (χ1) is 12.4. The van der Waals surface area contributed by atoms with Crippen LogP contribution in [0.5, 0.6) is 0 Å². The fourth-order valence-corrected chi connectivity index (χ4v) is 4.57. The number of amides is 1. The molecule has 6 heteroatoms. The molecular weight excluding hydrogens is 362 g/mol. The fourth-order valence-electron chi connectivity index (χ4n) is 2.66. The molecule has 0 unspecified atom stereocenters. The summed E-state index contributed by atoms with van der Waals surface area (Å²) >= 11 is 2.93. The summed E-state index contributed by atoms with van der Waals surface area (Å²) in [7, 11) is 0. The average Bonchev–Trinajstić information content (AvgIpc) is 2.97. The lowest BCUT2D eigenvalue weighted by molar-refractivity contribution is 0.103. The van der Waals surface area contributed by atoms with Crippen LogP contribution in [-0.4, -0.2) is 10.9 Å². The minimum Gasteiger partial charge on any atom is -0.382 e. The van der Waals surface area contributed by atoms with Crippen LogP contribution in [0.3, 0.4) is 0 Å². The number of rotatable bonds is 5. The summed E-state index contributed by atoms with van der Waals surface area (Å²) in [6.45, 7) is 6.02. The molecule has 0 aliphatic carbocycles. The number of nitrogens with zero attached hydrogens (tertiary/aromatic N) is 1. The summed E-state index contributed by atoms with van der Waals surface area (Å²) in [6, 6.07) is 14.3. The normalized spacial score (nSPS) is 10.7. The lowest BCUT2D eigenvalue weighted by Crippen LogP contribution is -2.14. The van der Waals surface area contributed by atoms with E-state index in [1.54, 1.807) is 11.8 Å². The molecule has 0 saturated heterocycles. The third kappa shape index (κ3) is 4.26. The summed E-state index contributed by atoms with van der Waals surface area (Å²) in [5, 5.41) is 2.97. The van der Waals surface area contributed by atoms with Crippen molar-refractivity contribution in [3.05, 3.63) is 69.6 Å². The number of nitrogen functional groups attached to an aromatic ring is 1. The van der Waals surface area contributed by atoms with E-state index in [0.29, 0.717) is 4.88 Å².